The van der Waals surface area contributed by atoms with Crippen LogP contribution in [0, 0.1) is 16.7 Å². The highest BCUT2D eigenvalue weighted by atomic mass is 16.1. The maximum Gasteiger partial charge on any atom is 0.141 e. The summed E-state index contributed by atoms with van der Waals surface area (Å²) in [6, 6.07) is 0. The van der Waals surface area contributed by atoms with Crippen LogP contribution in [0.25, 0.3) is 0 Å². The largest absolute Gasteiger partial charge is 0.299 e. The van der Waals surface area contributed by atoms with Crippen molar-refractivity contribution in [1.29, 1.82) is 0 Å². The number of rotatable bonds is 0. The summed E-state index contributed by atoms with van der Waals surface area (Å²) in [5.74, 6) is 0.716. The van der Waals surface area contributed by atoms with E-state index in [4.69, 9.17) is 0 Å². The molecule has 1 nitrogen and oxygen atoms in total. The molecule has 0 amide bonds. The molecule has 2 aliphatic rings. The molecule has 0 bridgehead atoms. The zero-order valence-electron chi connectivity index (χ0n) is 9.47. The maximum absolute atomic E-state index is 12.0. The van der Waals surface area contributed by atoms with Gasteiger partial charge in [-0.3, -0.25) is 4.79 Å². The van der Waals surface area contributed by atoms with Gasteiger partial charge in [0.25, 0.3) is 0 Å². The Morgan fingerprint density at radius 1 is 1.29 bits per heavy atom. The van der Waals surface area contributed by atoms with E-state index in [1.807, 2.05) is 0 Å². The van der Waals surface area contributed by atoms with Crippen molar-refractivity contribution in [2.75, 3.05) is 0 Å². The third-order valence-electron chi connectivity index (χ3n) is 4.12. The number of Topliss-reactive ketones (excluding diaryl/α,β-unsaturated/α-hetero) is 1. The minimum Gasteiger partial charge on any atom is -0.299 e. The lowest BCUT2D eigenvalue weighted by atomic mass is 9.53. The average molecular weight is 192 g/mol. The molecule has 78 valence electrons. The summed E-state index contributed by atoms with van der Waals surface area (Å²) in [5.41, 5.74) is 0.353. The molecular weight excluding hydrogens is 172 g/mol. The number of allylic oxidation sites excluding steroid dienone is 2. The van der Waals surface area contributed by atoms with Crippen LogP contribution in [-0.2, 0) is 4.79 Å². The van der Waals surface area contributed by atoms with Crippen LogP contribution in [0.3, 0.4) is 0 Å². The van der Waals surface area contributed by atoms with Crippen molar-refractivity contribution < 1.29 is 4.79 Å². The van der Waals surface area contributed by atoms with Gasteiger partial charge in [-0.25, -0.2) is 0 Å². The maximum atomic E-state index is 12.0. The van der Waals surface area contributed by atoms with E-state index in [0.717, 1.165) is 0 Å². The zero-order chi connectivity index (χ0) is 10.4. The smallest absolute Gasteiger partial charge is 0.141 e. The summed E-state index contributed by atoms with van der Waals surface area (Å²) >= 11 is 0. The topological polar surface area (TPSA) is 17.1 Å². The van der Waals surface area contributed by atoms with Crippen molar-refractivity contribution in [2.24, 2.45) is 16.7 Å². The van der Waals surface area contributed by atoms with E-state index < -0.39 is 0 Å². The van der Waals surface area contributed by atoms with Crippen LogP contribution in [0.2, 0.25) is 0 Å². The Bertz CT molecular complexity index is 288. The van der Waals surface area contributed by atoms with Crippen LogP contribution in [0.1, 0.15) is 46.5 Å². The first-order valence-electron chi connectivity index (χ1n) is 5.66. The first kappa shape index (κ1) is 9.95. The van der Waals surface area contributed by atoms with E-state index >= 15 is 0 Å². The molecule has 2 unspecified atom stereocenters. The lowest BCUT2D eigenvalue weighted by Gasteiger charge is -2.50. The molecule has 0 radical (unpaired) electrons. The standard InChI is InChI=1S/C13H20O/c1-12(2)7-5-9-13(3)8-4-6-10(14)11(12)13/h4,8,11H,5-7,9H2,1-3H3. The lowest BCUT2D eigenvalue weighted by Crippen LogP contribution is -2.47. The van der Waals surface area contributed by atoms with E-state index in [9.17, 15) is 4.79 Å². The monoisotopic (exact) mass is 192 g/mol. The Balaban J connectivity index is 2.41. The number of ketones is 1. The minimum atomic E-state index is 0.150. The number of hydrogen-bond acceptors (Lipinski definition) is 1. The third-order valence-corrected chi connectivity index (χ3v) is 4.12. The summed E-state index contributed by atoms with van der Waals surface area (Å²) in [5, 5.41) is 0. The van der Waals surface area contributed by atoms with Gasteiger partial charge < -0.3 is 0 Å². The molecule has 0 heterocycles. The van der Waals surface area contributed by atoms with Crippen molar-refractivity contribution in [3.05, 3.63) is 12.2 Å². The van der Waals surface area contributed by atoms with E-state index in [-0.39, 0.29) is 16.7 Å². The summed E-state index contributed by atoms with van der Waals surface area (Å²) in [6.45, 7) is 6.77. The lowest BCUT2D eigenvalue weighted by molar-refractivity contribution is -0.133. The van der Waals surface area contributed by atoms with E-state index in [0.29, 0.717) is 12.2 Å². The zero-order valence-corrected chi connectivity index (χ0v) is 9.47. The van der Waals surface area contributed by atoms with Crippen LogP contribution in [0.5, 0.6) is 0 Å². The molecule has 1 fully saturated rings. The fourth-order valence-corrected chi connectivity index (χ4v) is 3.65. The molecule has 0 aliphatic heterocycles. The Morgan fingerprint density at radius 2 is 2.00 bits per heavy atom. The van der Waals surface area contributed by atoms with Gasteiger partial charge in [0.05, 0.1) is 0 Å². The van der Waals surface area contributed by atoms with E-state index in [1.54, 1.807) is 0 Å². The quantitative estimate of drug-likeness (QED) is 0.538. The summed E-state index contributed by atoms with van der Waals surface area (Å²) < 4.78 is 0. The fourth-order valence-electron chi connectivity index (χ4n) is 3.65. The highest BCUT2D eigenvalue weighted by Gasteiger charge is 2.49. The Kier molecular flexibility index (Phi) is 2.09. The molecule has 14 heavy (non-hydrogen) atoms. The summed E-state index contributed by atoms with van der Waals surface area (Å²) in [6.07, 6.45) is 8.66. The molecule has 0 aromatic rings. The van der Waals surface area contributed by atoms with Crippen LogP contribution in [0.15, 0.2) is 12.2 Å². The van der Waals surface area contributed by atoms with Crippen LogP contribution >= 0.6 is 0 Å². The highest BCUT2D eigenvalue weighted by molar-refractivity contribution is 5.85. The van der Waals surface area contributed by atoms with Crippen LogP contribution in [-0.4, -0.2) is 5.78 Å². The number of fused-ring (bicyclic) bond motifs is 1. The minimum absolute atomic E-state index is 0.150. The van der Waals surface area contributed by atoms with Crippen molar-refractivity contribution in [2.45, 2.75) is 46.5 Å². The SMILES string of the molecule is CC1(C)CCCC2(C)C=CCC(=O)C12. The second-order valence-corrected chi connectivity index (χ2v) is 5.85. The summed E-state index contributed by atoms with van der Waals surface area (Å²) in [4.78, 5) is 12.0. The molecule has 1 saturated carbocycles. The van der Waals surface area contributed by atoms with Crippen molar-refractivity contribution in [3.8, 4) is 0 Å². The van der Waals surface area contributed by atoms with Gasteiger partial charge in [-0.1, -0.05) is 39.3 Å². The fraction of sp³-hybridized carbons (Fsp3) is 0.769. The molecule has 0 aromatic carbocycles. The normalized spacial score (nSPS) is 40.8. The molecule has 2 atom stereocenters. The second kappa shape index (κ2) is 2.95. The molecule has 0 spiro atoms. The molecule has 1 heteroatoms. The number of hydrogen-bond donors (Lipinski definition) is 0. The van der Waals surface area contributed by atoms with E-state index in [1.165, 1.54) is 19.3 Å². The van der Waals surface area contributed by atoms with Gasteiger partial charge in [0.1, 0.15) is 5.78 Å². The molecule has 0 saturated heterocycles. The van der Waals surface area contributed by atoms with Gasteiger partial charge in [-0.05, 0) is 23.7 Å². The van der Waals surface area contributed by atoms with Crippen LogP contribution in [0.4, 0.5) is 0 Å². The second-order valence-electron chi connectivity index (χ2n) is 5.85. The van der Waals surface area contributed by atoms with Crippen molar-refractivity contribution in [3.63, 3.8) is 0 Å². The van der Waals surface area contributed by atoms with Crippen molar-refractivity contribution >= 4 is 5.78 Å². The third kappa shape index (κ3) is 1.34. The number of carbonyl (C=O) groups excluding carboxylic acids is 1. The van der Waals surface area contributed by atoms with Crippen LogP contribution < -0.4 is 0 Å². The predicted molar refractivity (Wildman–Crippen MR) is 58.0 cm³/mol. The van der Waals surface area contributed by atoms with E-state index in [2.05, 4.69) is 32.9 Å². The first-order valence-corrected chi connectivity index (χ1v) is 5.66. The Hall–Kier alpha value is -0.590. The molecule has 2 aliphatic carbocycles. The van der Waals surface area contributed by atoms with Gasteiger partial charge in [0.2, 0.25) is 0 Å². The molecule has 0 aromatic heterocycles. The predicted octanol–water partition coefficient (Wildman–Crippen LogP) is 3.35. The average Bonchev–Trinajstić information content (AvgIpc) is 2.00. The molecule has 2 rings (SSSR count). The van der Waals surface area contributed by atoms with Gasteiger partial charge in [0, 0.05) is 12.3 Å². The van der Waals surface area contributed by atoms with Gasteiger partial charge in [-0.2, -0.15) is 0 Å². The van der Waals surface area contributed by atoms with Gasteiger partial charge in [0.15, 0.2) is 0 Å². The molecular formula is C13H20O. The van der Waals surface area contributed by atoms with Gasteiger partial charge in [-0.15, -0.1) is 0 Å². The highest BCUT2D eigenvalue weighted by Crippen LogP contribution is 2.53. The first-order chi connectivity index (χ1) is 6.46. The molecule has 0 N–H and O–H groups in total. The Labute approximate surface area is 86.6 Å². The summed E-state index contributed by atoms with van der Waals surface area (Å²) in [7, 11) is 0. The Morgan fingerprint density at radius 3 is 2.64 bits per heavy atom. The van der Waals surface area contributed by atoms with Crippen molar-refractivity contribution in [1.82, 2.24) is 0 Å². The van der Waals surface area contributed by atoms with Gasteiger partial charge >= 0.3 is 0 Å². The number of carbonyl (C=O) groups is 1.